The van der Waals surface area contributed by atoms with Gasteiger partial charge in [0.05, 0.1) is 11.9 Å². The minimum Gasteiger partial charge on any atom is -0.368 e. The van der Waals surface area contributed by atoms with Crippen LogP contribution < -0.4 is 15.5 Å². The average Bonchev–Trinajstić information content (AvgIpc) is 3.52. The number of piperazine rings is 1. The van der Waals surface area contributed by atoms with Gasteiger partial charge in [-0.15, -0.1) is 0 Å². The van der Waals surface area contributed by atoms with E-state index in [1.165, 1.54) is 0 Å². The molecule has 5 rings (SSSR count). The quantitative estimate of drug-likeness (QED) is 0.616. The van der Waals surface area contributed by atoms with Crippen LogP contribution in [0, 0.1) is 0 Å². The highest BCUT2D eigenvalue weighted by Gasteiger charge is 2.46. The summed E-state index contributed by atoms with van der Waals surface area (Å²) in [5.41, 5.74) is 2.56. The lowest BCUT2D eigenvalue weighted by atomic mass is 10.2. The van der Waals surface area contributed by atoms with Crippen molar-refractivity contribution in [3.8, 4) is 0 Å². The van der Waals surface area contributed by atoms with Crippen LogP contribution >= 0.6 is 0 Å². The summed E-state index contributed by atoms with van der Waals surface area (Å²) in [6, 6.07) is 5.95. The highest BCUT2D eigenvalue weighted by atomic mass is 16.2. The minimum atomic E-state index is -0.0302. The lowest BCUT2D eigenvalue weighted by molar-refractivity contribution is 0.0814. The van der Waals surface area contributed by atoms with E-state index in [0.29, 0.717) is 17.5 Å². The molecule has 32 heavy (non-hydrogen) atoms. The number of nitrogens with one attached hydrogen (secondary N) is 2. The average molecular weight is 435 g/mol. The molecule has 1 aliphatic heterocycles. The van der Waals surface area contributed by atoms with Crippen molar-refractivity contribution in [2.24, 2.45) is 0 Å². The maximum atomic E-state index is 12.9. The zero-order valence-corrected chi connectivity index (χ0v) is 18.9. The smallest absolute Gasteiger partial charge is 0.270 e. The maximum Gasteiger partial charge on any atom is 0.270 e. The first-order valence-electron chi connectivity index (χ1n) is 11.3. The predicted octanol–water partition coefficient (Wildman–Crippen LogP) is 2.58. The number of carbonyl (C=O) groups excluding carboxylic acids is 1. The molecule has 0 radical (unpaired) electrons. The fraction of sp³-hybridized carbons (Fsp3) is 0.478. The Bertz CT molecular complexity index is 1130. The summed E-state index contributed by atoms with van der Waals surface area (Å²) in [7, 11) is 3.56. The molecular weight excluding hydrogens is 404 g/mol. The second-order valence-electron chi connectivity index (χ2n) is 8.88. The summed E-state index contributed by atoms with van der Waals surface area (Å²) >= 11 is 0. The van der Waals surface area contributed by atoms with Gasteiger partial charge < -0.3 is 25.0 Å². The van der Waals surface area contributed by atoms with Gasteiger partial charge in [-0.05, 0) is 37.5 Å². The van der Waals surface area contributed by atoms with Crippen LogP contribution in [-0.2, 0) is 5.54 Å². The lowest BCUT2D eigenvalue weighted by Gasteiger charge is -2.29. The summed E-state index contributed by atoms with van der Waals surface area (Å²) in [4.78, 5) is 30.7. The van der Waals surface area contributed by atoms with Crippen molar-refractivity contribution in [2.75, 3.05) is 50.5 Å². The first-order valence-corrected chi connectivity index (χ1v) is 11.3. The number of fused-ring (bicyclic) bond motifs is 1. The molecule has 168 valence electrons. The summed E-state index contributed by atoms with van der Waals surface area (Å²) in [5, 5.41) is 7.47. The Hall–Kier alpha value is -3.20. The van der Waals surface area contributed by atoms with Gasteiger partial charge in [-0.1, -0.05) is 6.92 Å². The summed E-state index contributed by atoms with van der Waals surface area (Å²) < 4.78 is 2.14. The van der Waals surface area contributed by atoms with E-state index in [1.54, 1.807) is 25.2 Å². The van der Waals surface area contributed by atoms with E-state index < -0.39 is 0 Å². The molecule has 1 aliphatic carbocycles. The van der Waals surface area contributed by atoms with Crippen LogP contribution in [0.25, 0.3) is 11.0 Å². The van der Waals surface area contributed by atoms with E-state index in [1.807, 2.05) is 18.3 Å². The Labute approximate surface area is 187 Å². The molecular formula is C23H30N8O. The molecule has 0 atom stereocenters. The van der Waals surface area contributed by atoms with E-state index in [4.69, 9.17) is 4.98 Å². The molecule has 1 saturated carbocycles. The van der Waals surface area contributed by atoms with Crippen molar-refractivity contribution in [3.05, 3.63) is 36.3 Å². The van der Waals surface area contributed by atoms with Crippen LogP contribution in [0.2, 0.25) is 0 Å². The van der Waals surface area contributed by atoms with E-state index >= 15 is 0 Å². The van der Waals surface area contributed by atoms with Gasteiger partial charge in [0, 0.05) is 57.4 Å². The summed E-state index contributed by atoms with van der Waals surface area (Å²) in [6.07, 6.45) is 6.76. The predicted molar refractivity (Wildman–Crippen MR) is 126 cm³/mol. The van der Waals surface area contributed by atoms with Crippen LogP contribution in [0.1, 0.15) is 36.7 Å². The molecule has 0 spiro atoms. The number of aromatic nitrogens is 4. The monoisotopic (exact) mass is 434 g/mol. The fourth-order valence-corrected chi connectivity index (χ4v) is 4.48. The molecule has 2 N–H and O–H groups in total. The van der Waals surface area contributed by atoms with Crippen molar-refractivity contribution in [1.29, 1.82) is 0 Å². The van der Waals surface area contributed by atoms with Gasteiger partial charge in [-0.25, -0.2) is 9.97 Å². The van der Waals surface area contributed by atoms with E-state index in [-0.39, 0.29) is 11.4 Å². The molecule has 3 aromatic heterocycles. The zero-order valence-electron chi connectivity index (χ0n) is 18.9. The van der Waals surface area contributed by atoms with Gasteiger partial charge in [-0.3, -0.25) is 4.79 Å². The van der Waals surface area contributed by atoms with E-state index in [9.17, 15) is 4.79 Å². The molecule has 0 bridgehead atoms. The molecule has 1 amide bonds. The van der Waals surface area contributed by atoms with Crippen molar-refractivity contribution >= 4 is 34.4 Å². The van der Waals surface area contributed by atoms with Crippen molar-refractivity contribution < 1.29 is 4.79 Å². The zero-order chi connectivity index (χ0) is 22.3. The number of pyridine rings is 1. The summed E-state index contributed by atoms with van der Waals surface area (Å²) in [6.45, 7) is 6.12. The molecule has 9 heteroatoms. The third kappa shape index (κ3) is 3.66. The molecule has 3 aromatic rings. The number of amides is 1. The molecule has 0 aromatic carbocycles. The number of carbonyl (C=O) groups is 1. The second kappa shape index (κ2) is 8.05. The van der Waals surface area contributed by atoms with Gasteiger partial charge in [0.15, 0.2) is 0 Å². The van der Waals surface area contributed by atoms with Crippen molar-refractivity contribution in [1.82, 2.24) is 29.7 Å². The molecule has 0 unspecified atom stereocenters. The maximum absolute atomic E-state index is 12.9. The lowest BCUT2D eigenvalue weighted by Crippen LogP contribution is -2.43. The van der Waals surface area contributed by atoms with Crippen LogP contribution in [0.3, 0.4) is 0 Å². The molecule has 2 aliphatic rings. The van der Waals surface area contributed by atoms with Crippen molar-refractivity contribution in [3.63, 3.8) is 0 Å². The Morgan fingerprint density at radius 3 is 2.59 bits per heavy atom. The Balaban J connectivity index is 1.45. The highest BCUT2D eigenvalue weighted by molar-refractivity contribution is 5.98. The molecule has 9 nitrogen and oxygen atoms in total. The largest absolute Gasteiger partial charge is 0.368 e. The van der Waals surface area contributed by atoms with Gasteiger partial charge >= 0.3 is 0 Å². The highest BCUT2D eigenvalue weighted by Crippen LogP contribution is 2.49. The molecule has 4 heterocycles. The van der Waals surface area contributed by atoms with Crippen LogP contribution in [0.5, 0.6) is 0 Å². The Kier molecular flexibility index (Phi) is 5.21. The van der Waals surface area contributed by atoms with E-state index in [2.05, 4.69) is 43.1 Å². The van der Waals surface area contributed by atoms with Crippen molar-refractivity contribution in [2.45, 2.75) is 31.7 Å². The fourth-order valence-electron chi connectivity index (χ4n) is 4.48. The van der Waals surface area contributed by atoms with Crippen LogP contribution in [0.15, 0.2) is 30.6 Å². The van der Waals surface area contributed by atoms with Gasteiger partial charge in [-0.2, -0.15) is 4.98 Å². The van der Waals surface area contributed by atoms with Crippen LogP contribution in [0.4, 0.5) is 17.5 Å². The summed E-state index contributed by atoms with van der Waals surface area (Å²) in [5.74, 6) is 1.17. The minimum absolute atomic E-state index is 0.0117. The third-order valence-electron chi connectivity index (χ3n) is 6.60. The first-order chi connectivity index (χ1) is 15.5. The number of anilines is 3. The van der Waals surface area contributed by atoms with Gasteiger partial charge in [0.2, 0.25) is 5.95 Å². The number of hydrogen-bond donors (Lipinski definition) is 2. The number of rotatable bonds is 6. The van der Waals surface area contributed by atoms with Gasteiger partial charge in [0.1, 0.15) is 17.2 Å². The topological polar surface area (TPSA) is 91.2 Å². The molecule has 1 saturated heterocycles. The van der Waals surface area contributed by atoms with Gasteiger partial charge in [0.25, 0.3) is 5.91 Å². The second-order valence-corrected chi connectivity index (χ2v) is 8.88. The first kappa shape index (κ1) is 20.7. The van der Waals surface area contributed by atoms with E-state index in [0.717, 1.165) is 62.2 Å². The SMILES string of the molecule is CCC1(n2c(C(=O)N(C)C)cc3cnc(Nc4ccc(N5CCNCC5)cn4)nc32)CC1. The normalized spacial score (nSPS) is 17.4. The Morgan fingerprint density at radius 1 is 1.19 bits per heavy atom. The Morgan fingerprint density at radius 2 is 1.97 bits per heavy atom. The number of nitrogens with zero attached hydrogens (tertiary/aromatic N) is 6. The number of hydrogen-bond acceptors (Lipinski definition) is 7. The van der Waals surface area contributed by atoms with Crippen LogP contribution in [-0.4, -0.2) is 70.6 Å². The standard InChI is InChI=1S/C23H30N8O/c1-4-23(7-8-23)31-18(21(32)29(2)3)13-16-14-26-22(28-20(16)31)27-19-6-5-17(15-25-19)30-11-9-24-10-12-30/h5-6,13-15,24H,4,7-12H2,1-3H3,(H,25,26,27,28). The third-order valence-corrected chi connectivity index (χ3v) is 6.60. The molecule has 2 fully saturated rings.